The third-order valence-corrected chi connectivity index (χ3v) is 5.77. The minimum atomic E-state index is -0.364. The molecule has 0 saturated heterocycles. The molecule has 1 aliphatic carbocycles. The summed E-state index contributed by atoms with van der Waals surface area (Å²) in [6.45, 7) is 5.13. The van der Waals surface area contributed by atoms with E-state index in [0.717, 1.165) is 6.42 Å². The summed E-state index contributed by atoms with van der Waals surface area (Å²) in [6.07, 6.45) is 4.56. The van der Waals surface area contributed by atoms with E-state index in [9.17, 15) is 4.79 Å². The Kier molecular flexibility index (Phi) is 5.99. The van der Waals surface area contributed by atoms with Crippen molar-refractivity contribution in [3.8, 4) is 11.1 Å². The van der Waals surface area contributed by atoms with Crippen molar-refractivity contribution >= 4 is 12.2 Å². The fourth-order valence-electron chi connectivity index (χ4n) is 3.99. The van der Waals surface area contributed by atoms with Crippen LogP contribution in [0.1, 0.15) is 40.2 Å². The Morgan fingerprint density at radius 2 is 1.60 bits per heavy atom. The van der Waals surface area contributed by atoms with Gasteiger partial charge in [0.25, 0.3) is 0 Å². The van der Waals surface area contributed by atoms with Crippen LogP contribution in [0.25, 0.3) is 17.2 Å². The highest BCUT2D eigenvalue weighted by atomic mass is 16.5. The Labute approximate surface area is 178 Å². The van der Waals surface area contributed by atoms with E-state index in [2.05, 4.69) is 85.9 Å². The van der Waals surface area contributed by atoms with E-state index in [1.54, 1.807) is 0 Å². The maximum absolute atomic E-state index is 12.2. The van der Waals surface area contributed by atoms with Crippen LogP contribution in [0.15, 0.2) is 72.8 Å². The van der Waals surface area contributed by atoms with Crippen molar-refractivity contribution in [3.63, 3.8) is 0 Å². The molecule has 0 saturated carbocycles. The second-order valence-electron chi connectivity index (χ2n) is 7.79. The van der Waals surface area contributed by atoms with Gasteiger partial charge in [0.1, 0.15) is 6.61 Å². The number of benzene rings is 3. The van der Waals surface area contributed by atoms with Crippen molar-refractivity contribution in [1.29, 1.82) is 0 Å². The lowest BCUT2D eigenvalue weighted by Gasteiger charge is -2.14. The molecular weight excluding hydrogens is 370 g/mol. The second kappa shape index (κ2) is 9.00. The maximum atomic E-state index is 12.2. The molecule has 0 bridgehead atoms. The van der Waals surface area contributed by atoms with Gasteiger partial charge in [-0.05, 0) is 59.2 Å². The second-order valence-corrected chi connectivity index (χ2v) is 7.79. The monoisotopic (exact) mass is 397 g/mol. The molecule has 0 aromatic heterocycles. The predicted molar refractivity (Wildman–Crippen MR) is 123 cm³/mol. The van der Waals surface area contributed by atoms with Gasteiger partial charge in [0.15, 0.2) is 0 Å². The topological polar surface area (TPSA) is 38.3 Å². The number of aryl methyl sites for hydroxylation is 2. The lowest BCUT2D eigenvalue weighted by atomic mass is 9.98. The van der Waals surface area contributed by atoms with Gasteiger partial charge in [-0.3, -0.25) is 0 Å². The number of amides is 1. The van der Waals surface area contributed by atoms with Gasteiger partial charge in [0.2, 0.25) is 0 Å². The Morgan fingerprint density at radius 1 is 0.933 bits per heavy atom. The van der Waals surface area contributed by atoms with Gasteiger partial charge in [-0.15, -0.1) is 0 Å². The Morgan fingerprint density at radius 3 is 2.27 bits per heavy atom. The van der Waals surface area contributed by atoms with Crippen LogP contribution in [0.4, 0.5) is 4.79 Å². The Bertz CT molecular complexity index is 1040. The van der Waals surface area contributed by atoms with Crippen molar-refractivity contribution in [1.82, 2.24) is 5.32 Å². The molecule has 1 aliphatic rings. The van der Waals surface area contributed by atoms with Crippen molar-refractivity contribution in [2.75, 3.05) is 13.2 Å². The fourth-order valence-corrected chi connectivity index (χ4v) is 3.99. The zero-order valence-electron chi connectivity index (χ0n) is 17.5. The number of ether oxygens (including phenoxy) is 1. The highest BCUT2D eigenvalue weighted by molar-refractivity contribution is 5.79. The van der Waals surface area contributed by atoms with E-state index in [0.29, 0.717) is 13.2 Å². The molecule has 3 heteroatoms. The predicted octanol–water partition coefficient (Wildman–Crippen LogP) is 6.25. The third kappa shape index (κ3) is 4.30. The summed E-state index contributed by atoms with van der Waals surface area (Å²) in [5.74, 6) is 0.0906. The first-order valence-electron chi connectivity index (χ1n) is 10.5. The SMILES string of the molecule is Cc1ccc(C=CCCNC(=O)OCC2c3ccccc3-c3ccccc32)cc1C. The number of alkyl carbamates (subject to hydrolysis) is 1. The molecule has 1 N–H and O–H groups in total. The van der Waals surface area contributed by atoms with Crippen LogP contribution in [0.2, 0.25) is 0 Å². The lowest BCUT2D eigenvalue weighted by Crippen LogP contribution is -2.26. The molecule has 0 atom stereocenters. The van der Waals surface area contributed by atoms with Crippen LogP contribution in [0.5, 0.6) is 0 Å². The molecule has 152 valence electrons. The molecule has 0 fully saturated rings. The molecule has 0 aliphatic heterocycles. The van der Waals surface area contributed by atoms with Gasteiger partial charge in [-0.2, -0.15) is 0 Å². The van der Waals surface area contributed by atoms with Gasteiger partial charge in [-0.1, -0.05) is 78.9 Å². The molecule has 0 spiro atoms. The van der Waals surface area contributed by atoms with Crippen LogP contribution in [-0.4, -0.2) is 19.2 Å². The third-order valence-electron chi connectivity index (χ3n) is 5.77. The number of fused-ring (bicyclic) bond motifs is 3. The Balaban J connectivity index is 1.27. The number of hydrogen-bond acceptors (Lipinski definition) is 2. The number of carbonyl (C=O) groups is 1. The highest BCUT2D eigenvalue weighted by Crippen LogP contribution is 2.44. The van der Waals surface area contributed by atoms with Crippen LogP contribution in [-0.2, 0) is 4.74 Å². The number of carbonyl (C=O) groups excluding carboxylic acids is 1. The normalized spacial score (nSPS) is 12.6. The molecule has 0 heterocycles. The van der Waals surface area contributed by atoms with Gasteiger partial charge in [0.05, 0.1) is 0 Å². The highest BCUT2D eigenvalue weighted by Gasteiger charge is 2.28. The van der Waals surface area contributed by atoms with E-state index in [-0.39, 0.29) is 12.0 Å². The summed E-state index contributed by atoms with van der Waals surface area (Å²) < 4.78 is 5.56. The fraction of sp³-hybridized carbons (Fsp3) is 0.222. The molecule has 0 unspecified atom stereocenters. The maximum Gasteiger partial charge on any atom is 0.407 e. The smallest absolute Gasteiger partial charge is 0.407 e. The van der Waals surface area contributed by atoms with Gasteiger partial charge >= 0.3 is 6.09 Å². The van der Waals surface area contributed by atoms with E-state index in [1.165, 1.54) is 38.9 Å². The largest absolute Gasteiger partial charge is 0.449 e. The van der Waals surface area contributed by atoms with Crippen molar-refractivity contribution in [2.45, 2.75) is 26.2 Å². The minimum absolute atomic E-state index is 0.0906. The first-order valence-corrected chi connectivity index (χ1v) is 10.5. The van der Waals surface area contributed by atoms with Crippen LogP contribution >= 0.6 is 0 Å². The molecular formula is C27H27NO2. The summed E-state index contributed by atoms with van der Waals surface area (Å²) in [7, 11) is 0. The molecule has 30 heavy (non-hydrogen) atoms. The quantitative estimate of drug-likeness (QED) is 0.500. The summed E-state index contributed by atoms with van der Waals surface area (Å²) in [6, 6.07) is 23.1. The summed E-state index contributed by atoms with van der Waals surface area (Å²) in [5.41, 5.74) is 8.68. The standard InChI is InChI=1S/C27H27NO2/c1-19-14-15-21(17-20(19)2)9-7-8-16-28-27(29)30-18-26-24-12-5-3-10-22(24)23-11-4-6-13-25(23)26/h3-7,9-15,17,26H,8,16,18H2,1-2H3,(H,28,29). The molecule has 3 aromatic carbocycles. The van der Waals surface area contributed by atoms with E-state index in [4.69, 9.17) is 4.74 Å². The summed E-state index contributed by atoms with van der Waals surface area (Å²) >= 11 is 0. The van der Waals surface area contributed by atoms with Crippen LogP contribution < -0.4 is 5.32 Å². The summed E-state index contributed by atoms with van der Waals surface area (Å²) in [5, 5.41) is 2.85. The van der Waals surface area contributed by atoms with Gasteiger partial charge in [-0.25, -0.2) is 4.79 Å². The van der Waals surface area contributed by atoms with E-state index >= 15 is 0 Å². The first kappa shape index (κ1) is 20.0. The zero-order chi connectivity index (χ0) is 20.9. The van der Waals surface area contributed by atoms with Crippen molar-refractivity contribution < 1.29 is 9.53 Å². The zero-order valence-corrected chi connectivity index (χ0v) is 17.5. The van der Waals surface area contributed by atoms with Crippen LogP contribution in [0, 0.1) is 13.8 Å². The average Bonchev–Trinajstić information content (AvgIpc) is 3.08. The molecule has 4 rings (SSSR count). The average molecular weight is 398 g/mol. The molecule has 0 radical (unpaired) electrons. The van der Waals surface area contributed by atoms with Crippen LogP contribution in [0.3, 0.4) is 0 Å². The molecule has 3 aromatic rings. The number of rotatable bonds is 6. The van der Waals surface area contributed by atoms with Gasteiger partial charge < -0.3 is 10.1 Å². The van der Waals surface area contributed by atoms with Crippen molar-refractivity contribution in [3.05, 3.63) is 101 Å². The Hall–Kier alpha value is -3.33. The first-order chi connectivity index (χ1) is 14.6. The van der Waals surface area contributed by atoms with Gasteiger partial charge in [0, 0.05) is 12.5 Å². The van der Waals surface area contributed by atoms with E-state index in [1.807, 2.05) is 12.1 Å². The van der Waals surface area contributed by atoms with E-state index < -0.39 is 0 Å². The van der Waals surface area contributed by atoms with Crippen molar-refractivity contribution in [2.24, 2.45) is 0 Å². The molecule has 1 amide bonds. The summed E-state index contributed by atoms with van der Waals surface area (Å²) in [4.78, 5) is 12.2. The minimum Gasteiger partial charge on any atom is -0.449 e. The molecule has 3 nitrogen and oxygen atoms in total. The lowest BCUT2D eigenvalue weighted by molar-refractivity contribution is 0.143. The number of hydrogen-bond donors (Lipinski definition) is 1. The number of nitrogens with one attached hydrogen (secondary N) is 1.